The fourth-order valence-corrected chi connectivity index (χ4v) is 6.48. The Balaban J connectivity index is 1.41. The number of carbonyl (C=O) groups excluding carboxylic acids is 2. The smallest absolute Gasteiger partial charge is 0.245 e. The third-order valence-corrected chi connectivity index (χ3v) is 8.79. The van der Waals surface area contributed by atoms with Crippen LogP contribution in [0.15, 0.2) is 28.2 Å². The molecule has 0 unspecified atom stereocenters. The molecule has 10 heteroatoms. The van der Waals surface area contributed by atoms with E-state index in [2.05, 4.69) is 21.4 Å². The quantitative estimate of drug-likeness (QED) is 0.412. The van der Waals surface area contributed by atoms with Crippen molar-refractivity contribution in [3.63, 3.8) is 0 Å². The molecule has 3 aliphatic rings. The number of hydrogen-bond acceptors (Lipinski definition) is 6. The molecular formula is C29H42Cl2N6O2. The number of carbonyl (C=O) groups is 2. The summed E-state index contributed by atoms with van der Waals surface area (Å²) in [6.07, 6.45) is 12.0. The van der Waals surface area contributed by atoms with Crippen molar-refractivity contribution in [2.75, 3.05) is 45.8 Å². The lowest BCUT2D eigenvalue weighted by Gasteiger charge is -2.48. The van der Waals surface area contributed by atoms with Crippen LogP contribution in [0.4, 0.5) is 0 Å². The summed E-state index contributed by atoms with van der Waals surface area (Å²) in [6, 6.07) is 4.50. The van der Waals surface area contributed by atoms with Gasteiger partial charge in [-0.05, 0) is 49.8 Å². The average Bonchev–Trinajstić information content (AvgIpc) is 2.95. The minimum absolute atomic E-state index is 0.0474. The number of piperazine rings is 1. The summed E-state index contributed by atoms with van der Waals surface area (Å²) in [4.78, 5) is 40.1. The van der Waals surface area contributed by atoms with Crippen molar-refractivity contribution in [3.8, 4) is 0 Å². The van der Waals surface area contributed by atoms with Gasteiger partial charge in [0.2, 0.25) is 11.8 Å². The number of benzene rings is 1. The number of halogens is 2. The molecule has 2 aliphatic heterocycles. The Morgan fingerprint density at radius 1 is 1.10 bits per heavy atom. The highest BCUT2D eigenvalue weighted by molar-refractivity contribution is 6.35. The molecule has 0 radical (unpaired) electrons. The molecule has 214 valence electrons. The molecule has 4 rings (SSSR count). The lowest BCUT2D eigenvalue weighted by molar-refractivity contribution is -0.138. The van der Waals surface area contributed by atoms with Gasteiger partial charge in [0, 0.05) is 74.1 Å². The summed E-state index contributed by atoms with van der Waals surface area (Å²) in [6.45, 7) is 4.65. The van der Waals surface area contributed by atoms with E-state index in [-0.39, 0.29) is 30.3 Å². The Bertz CT molecular complexity index is 1050. The Morgan fingerprint density at radius 2 is 1.87 bits per heavy atom. The fraction of sp³-hybridized carbons (Fsp3) is 0.655. The number of aliphatic imine (C=N–C) groups is 2. The molecule has 1 aromatic rings. The molecule has 2 fully saturated rings. The Morgan fingerprint density at radius 3 is 2.54 bits per heavy atom. The summed E-state index contributed by atoms with van der Waals surface area (Å²) in [5, 5.41) is 3.91. The van der Waals surface area contributed by atoms with Crippen LogP contribution in [0.25, 0.3) is 0 Å². The second kappa shape index (κ2) is 14.6. The van der Waals surface area contributed by atoms with Gasteiger partial charge in [0.05, 0.1) is 12.1 Å². The van der Waals surface area contributed by atoms with Crippen LogP contribution in [0.3, 0.4) is 0 Å². The summed E-state index contributed by atoms with van der Waals surface area (Å²) >= 11 is 12.5. The van der Waals surface area contributed by atoms with Crippen LogP contribution in [0.2, 0.25) is 10.0 Å². The third kappa shape index (κ3) is 8.26. The van der Waals surface area contributed by atoms with E-state index in [0.717, 1.165) is 44.5 Å². The van der Waals surface area contributed by atoms with Gasteiger partial charge < -0.3 is 16.0 Å². The fourth-order valence-electron chi connectivity index (χ4n) is 6.00. The van der Waals surface area contributed by atoms with Crippen molar-refractivity contribution in [1.82, 2.24) is 15.1 Å². The highest BCUT2D eigenvalue weighted by Gasteiger charge is 2.39. The first-order valence-electron chi connectivity index (χ1n) is 14.4. The minimum atomic E-state index is -0.712. The molecule has 1 saturated heterocycles. The maximum absolute atomic E-state index is 13.7. The second-order valence-electron chi connectivity index (χ2n) is 11.0. The predicted molar refractivity (Wildman–Crippen MR) is 159 cm³/mol. The van der Waals surface area contributed by atoms with Crippen molar-refractivity contribution in [1.29, 1.82) is 0 Å². The molecule has 1 aliphatic carbocycles. The largest absolute Gasteiger partial charge is 0.344 e. The number of amides is 2. The van der Waals surface area contributed by atoms with Crippen molar-refractivity contribution in [2.45, 2.75) is 75.8 Å². The maximum atomic E-state index is 13.7. The van der Waals surface area contributed by atoms with Crippen molar-refractivity contribution >= 4 is 46.9 Å². The summed E-state index contributed by atoms with van der Waals surface area (Å²) in [5.74, 6) is -0.327. The van der Waals surface area contributed by atoms with E-state index >= 15 is 0 Å². The molecule has 1 saturated carbocycles. The van der Waals surface area contributed by atoms with Crippen molar-refractivity contribution in [3.05, 3.63) is 33.8 Å². The van der Waals surface area contributed by atoms with Gasteiger partial charge in [0.15, 0.2) is 0 Å². The zero-order chi connectivity index (χ0) is 27.7. The number of nitrogens with zero attached hydrogens (tertiary/aromatic N) is 4. The van der Waals surface area contributed by atoms with Gasteiger partial charge in [0.1, 0.15) is 6.04 Å². The van der Waals surface area contributed by atoms with Gasteiger partial charge >= 0.3 is 0 Å². The van der Waals surface area contributed by atoms with E-state index in [1.807, 2.05) is 11.0 Å². The molecule has 0 spiro atoms. The lowest BCUT2D eigenvalue weighted by Crippen LogP contribution is -2.61. The van der Waals surface area contributed by atoms with Crippen LogP contribution in [0.1, 0.15) is 63.4 Å². The van der Waals surface area contributed by atoms with Crippen LogP contribution in [-0.2, 0) is 16.0 Å². The number of hydrogen-bond donors (Lipinski definition) is 2. The first kappa shape index (κ1) is 30.0. The molecule has 0 aromatic heterocycles. The molecule has 8 nitrogen and oxygen atoms in total. The summed E-state index contributed by atoms with van der Waals surface area (Å²) in [7, 11) is 0. The Labute approximate surface area is 242 Å². The van der Waals surface area contributed by atoms with E-state index in [1.165, 1.54) is 37.8 Å². The molecule has 1 aromatic carbocycles. The Kier molecular flexibility index (Phi) is 11.2. The Hall–Kier alpha value is -2.00. The minimum Gasteiger partial charge on any atom is -0.344 e. The molecule has 1 atom stereocenters. The van der Waals surface area contributed by atoms with E-state index in [4.69, 9.17) is 33.9 Å². The van der Waals surface area contributed by atoms with E-state index < -0.39 is 6.04 Å². The molecular weight excluding hydrogens is 535 g/mol. The van der Waals surface area contributed by atoms with E-state index in [9.17, 15) is 9.59 Å². The molecule has 2 amide bonds. The van der Waals surface area contributed by atoms with Gasteiger partial charge in [0.25, 0.3) is 0 Å². The van der Waals surface area contributed by atoms with Gasteiger partial charge in [-0.3, -0.25) is 24.5 Å². The zero-order valence-corrected chi connectivity index (χ0v) is 24.4. The zero-order valence-electron chi connectivity index (χ0n) is 22.8. The van der Waals surface area contributed by atoms with Crippen LogP contribution in [0.5, 0.6) is 0 Å². The lowest BCUT2D eigenvalue weighted by atomic mass is 9.80. The van der Waals surface area contributed by atoms with Crippen LogP contribution in [-0.4, -0.2) is 90.9 Å². The standard InChI is InChI=1S/C29H42Cl2N6O2/c30-23-8-7-22(25(31)19-23)18-26(35-27(38)9-12-32)28(39)36-14-16-37(17-15-36)29(10-3-1-4-11-29)21-33-20-24-6-2-5-13-34-24/h7-8,19,21,26H,1-6,9-18,20,32H2,(H,35,38)/t26-/m1/s1. The average molecular weight is 578 g/mol. The first-order chi connectivity index (χ1) is 18.9. The normalized spacial score (nSPS) is 21.0. The van der Waals surface area contributed by atoms with Crippen LogP contribution < -0.4 is 11.1 Å². The third-order valence-electron chi connectivity index (χ3n) is 8.20. The second-order valence-corrected chi connectivity index (χ2v) is 11.8. The van der Waals surface area contributed by atoms with Crippen molar-refractivity contribution < 1.29 is 9.59 Å². The SMILES string of the molecule is NCCC(=O)N[C@H](Cc1ccc(Cl)cc1Cl)C(=O)N1CCN(C2(C=NCC3=NCCCC3)CCCCC2)CC1. The van der Waals surface area contributed by atoms with Gasteiger partial charge in [-0.25, -0.2) is 0 Å². The van der Waals surface area contributed by atoms with Crippen LogP contribution in [0, 0.1) is 0 Å². The molecule has 2 heterocycles. The number of rotatable bonds is 10. The highest BCUT2D eigenvalue weighted by Crippen LogP contribution is 2.33. The molecule has 3 N–H and O–H groups in total. The van der Waals surface area contributed by atoms with E-state index in [1.54, 1.807) is 12.1 Å². The first-order valence-corrected chi connectivity index (χ1v) is 15.2. The van der Waals surface area contributed by atoms with Gasteiger partial charge in [-0.2, -0.15) is 0 Å². The molecule has 0 bridgehead atoms. The van der Waals surface area contributed by atoms with Crippen LogP contribution >= 0.6 is 23.2 Å². The maximum Gasteiger partial charge on any atom is 0.245 e. The van der Waals surface area contributed by atoms with Crippen molar-refractivity contribution in [2.24, 2.45) is 15.7 Å². The number of nitrogens with one attached hydrogen (secondary N) is 1. The van der Waals surface area contributed by atoms with Gasteiger partial charge in [-0.15, -0.1) is 0 Å². The highest BCUT2D eigenvalue weighted by atomic mass is 35.5. The summed E-state index contributed by atoms with van der Waals surface area (Å²) < 4.78 is 0. The molecule has 39 heavy (non-hydrogen) atoms. The van der Waals surface area contributed by atoms with E-state index in [0.29, 0.717) is 36.1 Å². The monoisotopic (exact) mass is 576 g/mol. The number of nitrogens with two attached hydrogens (primary N) is 1. The van der Waals surface area contributed by atoms with Gasteiger partial charge in [-0.1, -0.05) is 48.5 Å². The predicted octanol–water partition coefficient (Wildman–Crippen LogP) is 3.91. The topological polar surface area (TPSA) is 103 Å². The summed E-state index contributed by atoms with van der Waals surface area (Å²) in [5.41, 5.74) is 7.52.